The van der Waals surface area contributed by atoms with E-state index in [2.05, 4.69) is 10.3 Å². The van der Waals surface area contributed by atoms with Crippen molar-refractivity contribution in [1.82, 2.24) is 9.88 Å². The second-order valence-electron chi connectivity index (χ2n) is 6.03. The van der Waals surface area contributed by atoms with Crippen molar-refractivity contribution in [3.63, 3.8) is 0 Å². The Bertz CT molecular complexity index is 644. The number of aromatic nitrogens is 1. The van der Waals surface area contributed by atoms with E-state index in [4.69, 9.17) is 4.74 Å². The smallest absolute Gasteiger partial charge is 0.323 e. The molecular weight excluding hydrogens is 298 g/mol. The molecule has 2 amide bonds. The Morgan fingerprint density at radius 1 is 1.36 bits per heavy atom. The highest BCUT2D eigenvalue weighted by Gasteiger charge is 2.35. The van der Waals surface area contributed by atoms with Crippen molar-refractivity contribution in [3.8, 4) is 0 Å². The highest BCUT2D eigenvalue weighted by atomic mass is 32.1. The summed E-state index contributed by atoms with van der Waals surface area (Å²) in [6.45, 7) is 2.39. The lowest BCUT2D eigenvalue weighted by molar-refractivity contribution is 0.167. The van der Waals surface area contributed by atoms with Gasteiger partial charge in [-0.15, -0.1) is 0 Å². The van der Waals surface area contributed by atoms with Crippen molar-refractivity contribution in [2.24, 2.45) is 5.92 Å². The number of hydrogen-bond donors (Lipinski definition) is 1. The third-order valence-electron chi connectivity index (χ3n) is 4.24. The highest BCUT2D eigenvalue weighted by molar-refractivity contribution is 7.22. The second kappa shape index (κ2) is 5.85. The average molecular weight is 317 g/mol. The van der Waals surface area contributed by atoms with Crippen molar-refractivity contribution >= 4 is 32.7 Å². The first-order valence-electron chi connectivity index (χ1n) is 7.80. The van der Waals surface area contributed by atoms with Gasteiger partial charge in [-0.2, -0.15) is 0 Å². The number of carbonyl (C=O) groups is 1. The quantitative estimate of drug-likeness (QED) is 0.941. The number of hydrogen-bond acceptors (Lipinski definition) is 4. The molecule has 1 atom stereocenters. The van der Waals surface area contributed by atoms with E-state index < -0.39 is 0 Å². The number of fused-ring (bicyclic) bond motifs is 1. The molecule has 0 spiro atoms. The minimum absolute atomic E-state index is 0.0199. The van der Waals surface area contributed by atoms with E-state index in [0.29, 0.717) is 17.1 Å². The first kappa shape index (κ1) is 14.0. The van der Waals surface area contributed by atoms with E-state index in [1.807, 2.05) is 29.2 Å². The molecular formula is C16H19N3O2S. The van der Waals surface area contributed by atoms with E-state index in [9.17, 15) is 4.79 Å². The molecule has 1 aromatic carbocycles. The molecule has 2 fully saturated rings. The molecule has 6 heteroatoms. The molecule has 2 aliphatic rings. The van der Waals surface area contributed by atoms with Crippen molar-refractivity contribution < 1.29 is 9.53 Å². The molecule has 22 heavy (non-hydrogen) atoms. The van der Waals surface area contributed by atoms with Gasteiger partial charge >= 0.3 is 6.03 Å². The number of nitrogens with one attached hydrogen (secondary N) is 1. The van der Waals surface area contributed by atoms with Crippen molar-refractivity contribution in [1.29, 1.82) is 0 Å². The molecule has 1 aliphatic carbocycles. The summed E-state index contributed by atoms with van der Waals surface area (Å²) in [5, 5.41) is 3.66. The van der Waals surface area contributed by atoms with Gasteiger partial charge < -0.3 is 9.64 Å². The van der Waals surface area contributed by atoms with E-state index in [-0.39, 0.29) is 6.03 Å². The van der Waals surface area contributed by atoms with E-state index in [1.54, 1.807) is 0 Å². The van der Waals surface area contributed by atoms with E-state index in [1.165, 1.54) is 11.3 Å². The monoisotopic (exact) mass is 317 g/mol. The molecule has 1 N–H and O–H groups in total. The van der Waals surface area contributed by atoms with Crippen molar-refractivity contribution in [2.75, 3.05) is 25.1 Å². The lowest BCUT2D eigenvalue weighted by Crippen LogP contribution is -2.40. The lowest BCUT2D eigenvalue weighted by Gasteiger charge is -2.24. The molecule has 1 aliphatic heterocycles. The van der Waals surface area contributed by atoms with Crippen LogP contribution in [0.2, 0.25) is 0 Å². The van der Waals surface area contributed by atoms with Gasteiger partial charge in [0.1, 0.15) is 0 Å². The zero-order valence-corrected chi connectivity index (χ0v) is 13.1. The zero-order valence-electron chi connectivity index (χ0n) is 12.3. The van der Waals surface area contributed by atoms with Gasteiger partial charge in [-0.25, -0.2) is 9.78 Å². The van der Waals surface area contributed by atoms with Crippen LogP contribution in [0.5, 0.6) is 0 Å². The normalized spacial score (nSPS) is 21.2. The van der Waals surface area contributed by atoms with Gasteiger partial charge in [0.2, 0.25) is 0 Å². The van der Waals surface area contributed by atoms with Crippen molar-refractivity contribution in [2.45, 2.75) is 25.3 Å². The number of amides is 2. The molecule has 2 aromatic rings. The Hall–Kier alpha value is -1.66. The fourth-order valence-corrected chi connectivity index (χ4v) is 3.73. The largest absolute Gasteiger partial charge is 0.381 e. The van der Waals surface area contributed by atoms with Crippen LogP contribution >= 0.6 is 11.3 Å². The number of urea groups is 1. The van der Waals surface area contributed by atoms with Gasteiger partial charge in [0, 0.05) is 25.1 Å². The molecule has 5 nitrogen and oxygen atoms in total. The Kier molecular flexibility index (Phi) is 3.72. The Balaban J connectivity index is 1.46. The number of thiazole rings is 1. The van der Waals surface area contributed by atoms with Gasteiger partial charge in [0.15, 0.2) is 5.13 Å². The predicted octanol–water partition coefficient (Wildman–Crippen LogP) is 3.33. The molecule has 1 saturated heterocycles. The van der Waals surface area contributed by atoms with Crippen LogP contribution in [0.3, 0.4) is 0 Å². The summed E-state index contributed by atoms with van der Waals surface area (Å²) >= 11 is 1.52. The van der Waals surface area contributed by atoms with Crippen LogP contribution in [0.4, 0.5) is 9.93 Å². The highest BCUT2D eigenvalue weighted by Crippen LogP contribution is 2.31. The first-order valence-corrected chi connectivity index (χ1v) is 8.62. The molecule has 116 valence electrons. The summed E-state index contributed by atoms with van der Waals surface area (Å²) in [5.74, 6) is 0.474. The minimum atomic E-state index is -0.0199. The minimum Gasteiger partial charge on any atom is -0.381 e. The summed E-state index contributed by atoms with van der Waals surface area (Å²) in [6, 6.07) is 8.32. The Labute approximate surface area is 133 Å². The van der Waals surface area contributed by atoms with Crippen LogP contribution < -0.4 is 5.32 Å². The molecule has 0 unspecified atom stereocenters. The number of nitrogens with zero attached hydrogens (tertiary/aromatic N) is 2. The Morgan fingerprint density at radius 3 is 2.95 bits per heavy atom. The van der Waals surface area contributed by atoms with Crippen LogP contribution in [-0.2, 0) is 4.74 Å². The third-order valence-corrected chi connectivity index (χ3v) is 5.19. The number of benzene rings is 1. The third kappa shape index (κ3) is 2.94. The summed E-state index contributed by atoms with van der Waals surface area (Å²) in [6.07, 6.45) is 3.28. The van der Waals surface area contributed by atoms with Crippen LogP contribution in [0, 0.1) is 5.92 Å². The second-order valence-corrected chi connectivity index (χ2v) is 7.06. The number of anilines is 1. The fourth-order valence-electron chi connectivity index (χ4n) is 2.88. The number of carbonyl (C=O) groups excluding carboxylic acids is 1. The maximum Gasteiger partial charge on any atom is 0.323 e. The maximum absolute atomic E-state index is 12.6. The molecule has 2 heterocycles. The number of para-hydroxylation sites is 1. The van der Waals surface area contributed by atoms with Crippen LogP contribution in [0.25, 0.3) is 10.2 Å². The molecule has 1 saturated carbocycles. The SMILES string of the molecule is O=C(Nc1nc2ccccc2s1)N(C[C@H]1CCOC1)C1CC1. The van der Waals surface area contributed by atoms with E-state index in [0.717, 1.165) is 49.2 Å². The van der Waals surface area contributed by atoms with Crippen LogP contribution in [-0.4, -0.2) is 41.7 Å². The molecule has 1 aromatic heterocycles. The van der Waals surface area contributed by atoms with Gasteiger partial charge in [0.25, 0.3) is 0 Å². The zero-order chi connectivity index (χ0) is 14.9. The average Bonchev–Trinajstić information content (AvgIpc) is 3.07. The van der Waals surface area contributed by atoms with Crippen LogP contribution in [0.15, 0.2) is 24.3 Å². The summed E-state index contributed by atoms with van der Waals surface area (Å²) in [7, 11) is 0. The molecule has 0 bridgehead atoms. The molecule has 4 rings (SSSR count). The topological polar surface area (TPSA) is 54.5 Å². The van der Waals surface area contributed by atoms with Crippen LogP contribution in [0.1, 0.15) is 19.3 Å². The lowest BCUT2D eigenvalue weighted by atomic mass is 10.1. The van der Waals surface area contributed by atoms with Gasteiger partial charge in [0.05, 0.1) is 16.8 Å². The summed E-state index contributed by atoms with van der Waals surface area (Å²) in [5.41, 5.74) is 0.935. The summed E-state index contributed by atoms with van der Waals surface area (Å²) in [4.78, 5) is 19.1. The first-order chi connectivity index (χ1) is 10.8. The number of ether oxygens (including phenoxy) is 1. The fraction of sp³-hybridized carbons (Fsp3) is 0.500. The Morgan fingerprint density at radius 2 is 2.23 bits per heavy atom. The standard InChI is InChI=1S/C16H19N3O2S/c20-16(18-15-17-13-3-1-2-4-14(13)22-15)19(12-5-6-12)9-11-7-8-21-10-11/h1-4,11-12H,5-10H2,(H,17,18,20)/t11-/m1/s1. The maximum atomic E-state index is 12.6. The van der Waals surface area contributed by atoms with Crippen molar-refractivity contribution in [3.05, 3.63) is 24.3 Å². The summed E-state index contributed by atoms with van der Waals surface area (Å²) < 4.78 is 6.52. The molecule has 0 radical (unpaired) electrons. The number of rotatable bonds is 4. The van der Waals surface area contributed by atoms with Gasteiger partial charge in [-0.05, 0) is 31.4 Å². The van der Waals surface area contributed by atoms with Gasteiger partial charge in [-0.3, -0.25) is 5.32 Å². The van der Waals surface area contributed by atoms with E-state index >= 15 is 0 Å². The predicted molar refractivity (Wildman–Crippen MR) is 87.3 cm³/mol. The van der Waals surface area contributed by atoms with Gasteiger partial charge in [-0.1, -0.05) is 23.5 Å².